The smallest absolute Gasteiger partial charge is 0.224 e. The molecular formula is C17H24N2O. The van der Waals surface area contributed by atoms with Crippen molar-refractivity contribution in [3.05, 3.63) is 29.3 Å². The minimum atomic E-state index is 0.152. The Balaban J connectivity index is 1.82. The van der Waals surface area contributed by atoms with Gasteiger partial charge in [-0.05, 0) is 61.8 Å². The van der Waals surface area contributed by atoms with Crippen molar-refractivity contribution < 1.29 is 4.79 Å². The van der Waals surface area contributed by atoms with Crippen molar-refractivity contribution in [1.29, 1.82) is 0 Å². The van der Waals surface area contributed by atoms with Gasteiger partial charge in [0.2, 0.25) is 5.91 Å². The molecule has 2 aliphatic rings. The van der Waals surface area contributed by atoms with Crippen LogP contribution < -0.4 is 10.6 Å². The number of fused-ring (bicyclic) bond motifs is 1. The van der Waals surface area contributed by atoms with E-state index in [4.69, 9.17) is 0 Å². The normalized spacial score (nSPS) is 19.9. The van der Waals surface area contributed by atoms with E-state index in [1.807, 2.05) is 0 Å². The number of carbonyl (C=O) groups excluding carboxylic acids is 1. The van der Waals surface area contributed by atoms with Crippen LogP contribution in [0.15, 0.2) is 18.2 Å². The summed E-state index contributed by atoms with van der Waals surface area (Å²) in [5, 5.41) is 6.71. The molecule has 0 saturated heterocycles. The maximum Gasteiger partial charge on any atom is 0.224 e. The van der Waals surface area contributed by atoms with Gasteiger partial charge in [0.25, 0.3) is 0 Å². The van der Waals surface area contributed by atoms with E-state index in [-0.39, 0.29) is 5.91 Å². The second-order valence-corrected chi connectivity index (χ2v) is 6.09. The molecule has 1 amide bonds. The number of nitrogens with one attached hydrogen (secondary N) is 2. The van der Waals surface area contributed by atoms with Crippen LogP contribution in [-0.4, -0.2) is 12.5 Å². The van der Waals surface area contributed by atoms with Crippen molar-refractivity contribution in [2.45, 2.75) is 51.5 Å². The maximum absolute atomic E-state index is 11.6. The lowest BCUT2D eigenvalue weighted by atomic mass is 9.97. The van der Waals surface area contributed by atoms with Crippen molar-refractivity contribution in [2.75, 3.05) is 11.9 Å². The Morgan fingerprint density at radius 3 is 2.95 bits per heavy atom. The highest BCUT2D eigenvalue weighted by Crippen LogP contribution is 2.41. The molecule has 1 aromatic rings. The van der Waals surface area contributed by atoms with Gasteiger partial charge in [0, 0.05) is 18.2 Å². The third kappa shape index (κ3) is 3.04. The van der Waals surface area contributed by atoms with Gasteiger partial charge in [-0.15, -0.1) is 0 Å². The molecule has 1 aliphatic carbocycles. The van der Waals surface area contributed by atoms with Crippen LogP contribution in [0.25, 0.3) is 0 Å². The summed E-state index contributed by atoms with van der Waals surface area (Å²) in [6, 6.07) is 7.10. The Labute approximate surface area is 121 Å². The molecule has 1 atom stereocenters. The lowest BCUT2D eigenvalue weighted by molar-refractivity contribution is -0.116. The molecule has 1 heterocycles. The molecule has 0 bridgehead atoms. The molecule has 1 aromatic carbocycles. The van der Waals surface area contributed by atoms with Gasteiger partial charge in [-0.3, -0.25) is 4.79 Å². The summed E-state index contributed by atoms with van der Waals surface area (Å²) < 4.78 is 0. The predicted octanol–water partition coefficient (Wildman–Crippen LogP) is 3.41. The largest absolute Gasteiger partial charge is 0.326 e. The average Bonchev–Trinajstić information content (AvgIpc) is 3.26. The number of benzene rings is 1. The van der Waals surface area contributed by atoms with Gasteiger partial charge in [0.05, 0.1) is 0 Å². The van der Waals surface area contributed by atoms with Crippen molar-refractivity contribution >= 4 is 11.6 Å². The summed E-state index contributed by atoms with van der Waals surface area (Å²) in [4.78, 5) is 11.6. The second-order valence-electron chi connectivity index (χ2n) is 6.09. The Hall–Kier alpha value is -1.35. The molecule has 3 heteroatoms. The van der Waals surface area contributed by atoms with Crippen molar-refractivity contribution in [1.82, 2.24) is 5.32 Å². The van der Waals surface area contributed by atoms with E-state index >= 15 is 0 Å². The summed E-state index contributed by atoms with van der Waals surface area (Å²) in [6.07, 6.45) is 6.46. The van der Waals surface area contributed by atoms with Gasteiger partial charge in [-0.1, -0.05) is 19.1 Å². The Kier molecular flexibility index (Phi) is 4.06. The molecule has 0 radical (unpaired) electrons. The van der Waals surface area contributed by atoms with Gasteiger partial charge in [0.15, 0.2) is 0 Å². The molecule has 20 heavy (non-hydrogen) atoms. The lowest BCUT2D eigenvalue weighted by Gasteiger charge is -2.20. The summed E-state index contributed by atoms with van der Waals surface area (Å²) >= 11 is 0. The molecule has 0 spiro atoms. The highest BCUT2D eigenvalue weighted by atomic mass is 16.1. The minimum Gasteiger partial charge on any atom is -0.326 e. The minimum absolute atomic E-state index is 0.152. The first-order chi connectivity index (χ1) is 9.78. The van der Waals surface area contributed by atoms with Gasteiger partial charge in [0.1, 0.15) is 0 Å². The molecule has 0 aromatic heterocycles. The quantitative estimate of drug-likeness (QED) is 0.862. The molecule has 1 aliphatic heterocycles. The summed E-state index contributed by atoms with van der Waals surface area (Å²) in [7, 11) is 0. The van der Waals surface area contributed by atoms with Gasteiger partial charge >= 0.3 is 0 Å². The standard InChI is InChI=1S/C17H24N2O/c1-2-10-18-17(12-6-7-12)14-8-9-15-13(11-14)4-3-5-16(20)19-15/h8-9,11-12,17-18H,2-7,10H2,1H3,(H,19,20). The van der Waals surface area contributed by atoms with E-state index in [1.54, 1.807) is 0 Å². The Morgan fingerprint density at radius 1 is 1.35 bits per heavy atom. The van der Waals surface area contributed by atoms with Crippen molar-refractivity contribution in [3.63, 3.8) is 0 Å². The second kappa shape index (κ2) is 5.96. The molecule has 108 valence electrons. The van der Waals surface area contributed by atoms with E-state index < -0.39 is 0 Å². The fourth-order valence-electron chi connectivity index (χ4n) is 3.07. The van der Waals surface area contributed by atoms with Crippen molar-refractivity contribution in [2.24, 2.45) is 5.92 Å². The predicted molar refractivity (Wildman–Crippen MR) is 81.8 cm³/mol. The van der Waals surface area contributed by atoms with Crippen LogP contribution >= 0.6 is 0 Å². The first kappa shape index (κ1) is 13.6. The number of amides is 1. The zero-order valence-electron chi connectivity index (χ0n) is 12.2. The molecule has 3 nitrogen and oxygen atoms in total. The van der Waals surface area contributed by atoms with Gasteiger partial charge in [-0.2, -0.15) is 0 Å². The first-order valence-electron chi connectivity index (χ1n) is 7.94. The van der Waals surface area contributed by atoms with Crippen molar-refractivity contribution in [3.8, 4) is 0 Å². The first-order valence-corrected chi connectivity index (χ1v) is 7.94. The Morgan fingerprint density at radius 2 is 2.20 bits per heavy atom. The summed E-state index contributed by atoms with van der Waals surface area (Å²) in [6.45, 7) is 3.29. The lowest BCUT2D eigenvalue weighted by Crippen LogP contribution is -2.24. The number of anilines is 1. The van der Waals surface area contributed by atoms with Gasteiger partial charge in [-0.25, -0.2) is 0 Å². The van der Waals surface area contributed by atoms with Crippen LogP contribution in [0.2, 0.25) is 0 Å². The number of hydrogen-bond donors (Lipinski definition) is 2. The monoisotopic (exact) mass is 272 g/mol. The zero-order valence-corrected chi connectivity index (χ0v) is 12.2. The van der Waals surface area contributed by atoms with Crippen LogP contribution in [0, 0.1) is 5.92 Å². The van der Waals surface area contributed by atoms with E-state index in [0.717, 1.165) is 31.0 Å². The van der Waals surface area contributed by atoms with Crippen LogP contribution in [0.4, 0.5) is 5.69 Å². The molecule has 2 N–H and O–H groups in total. The van der Waals surface area contributed by atoms with Crippen LogP contribution in [0.1, 0.15) is 56.2 Å². The van der Waals surface area contributed by atoms with Crippen LogP contribution in [0.3, 0.4) is 0 Å². The number of carbonyl (C=O) groups is 1. The number of hydrogen-bond acceptors (Lipinski definition) is 2. The number of rotatable bonds is 5. The van der Waals surface area contributed by atoms with E-state index in [0.29, 0.717) is 12.5 Å². The van der Waals surface area contributed by atoms with Gasteiger partial charge < -0.3 is 10.6 Å². The van der Waals surface area contributed by atoms with E-state index in [2.05, 4.69) is 35.8 Å². The Bertz CT molecular complexity index is 494. The third-order valence-corrected chi connectivity index (χ3v) is 4.32. The SMILES string of the molecule is CCCNC(c1ccc2c(c1)CCCC(=O)N2)C1CC1. The van der Waals surface area contributed by atoms with E-state index in [1.165, 1.54) is 30.4 Å². The third-order valence-electron chi connectivity index (χ3n) is 4.32. The fourth-order valence-corrected chi connectivity index (χ4v) is 3.07. The fraction of sp³-hybridized carbons (Fsp3) is 0.588. The molecule has 1 fully saturated rings. The highest BCUT2D eigenvalue weighted by Gasteiger charge is 2.32. The van der Waals surface area contributed by atoms with Crippen LogP contribution in [-0.2, 0) is 11.2 Å². The zero-order chi connectivity index (χ0) is 13.9. The van der Waals surface area contributed by atoms with E-state index in [9.17, 15) is 4.79 Å². The average molecular weight is 272 g/mol. The molecule has 1 saturated carbocycles. The topological polar surface area (TPSA) is 41.1 Å². The van der Waals surface area contributed by atoms with Crippen LogP contribution in [0.5, 0.6) is 0 Å². The molecular weight excluding hydrogens is 248 g/mol. The maximum atomic E-state index is 11.6. The highest BCUT2D eigenvalue weighted by molar-refractivity contribution is 5.92. The molecule has 1 unspecified atom stereocenters. The molecule has 3 rings (SSSR count). The summed E-state index contributed by atoms with van der Waals surface area (Å²) in [5.41, 5.74) is 3.72. The number of aryl methyl sites for hydroxylation is 1. The summed E-state index contributed by atoms with van der Waals surface area (Å²) in [5.74, 6) is 0.958.